The first-order valence-electron chi connectivity index (χ1n) is 8.93. The van der Waals surface area contributed by atoms with Crippen LogP contribution in [0.25, 0.3) is 0 Å². The first kappa shape index (κ1) is 16.9. The number of hydrogen-bond donors (Lipinski definition) is 1. The molecule has 2 aromatic rings. The van der Waals surface area contributed by atoms with Gasteiger partial charge in [-0.2, -0.15) is 0 Å². The Labute approximate surface area is 150 Å². The summed E-state index contributed by atoms with van der Waals surface area (Å²) >= 11 is 0. The summed E-state index contributed by atoms with van der Waals surface area (Å²) in [6.07, 6.45) is 4.43. The largest absolute Gasteiger partial charge is 0.358 e. The molecule has 1 unspecified atom stereocenters. The molecule has 1 atom stereocenters. The molecule has 1 aliphatic heterocycles. The van der Waals surface area contributed by atoms with Crippen LogP contribution in [0.5, 0.6) is 0 Å². The number of nitrogens with zero attached hydrogens (tertiary/aromatic N) is 3. The predicted molar refractivity (Wildman–Crippen MR) is 94.1 cm³/mol. The van der Waals surface area contributed by atoms with Crippen LogP contribution in [0.2, 0.25) is 0 Å². The molecule has 1 aromatic carbocycles. The van der Waals surface area contributed by atoms with Gasteiger partial charge in [0, 0.05) is 17.8 Å². The summed E-state index contributed by atoms with van der Waals surface area (Å²) in [5, 5.41) is 3.21. The molecule has 0 bridgehead atoms. The van der Waals surface area contributed by atoms with Gasteiger partial charge in [-0.15, -0.1) is 0 Å². The molecule has 1 fully saturated rings. The minimum absolute atomic E-state index is 0.264. The quantitative estimate of drug-likeness (QED) is 0.916. The number of carbonyl (C=O) groups is 1. The van der Waals surface area contributed by atoms with Gasteiger partial charge < -0.3 is 10.2 Å². The molecule has 0 spiro atoms. The van der Waals surface area contributed by atoms with Gasteiger partial charge in [-0.25, -0.2) is 18.7 Å². The average Bonchev–Trinajstić information content (AvgIpc) is 2.95. The summed E-state index contributed by atoms with van der Waals surface area (Å²) in [4.78, 5) is 22.9. The SMILES string of the molecule is Cc1nc2c(c(NC3CCN(c4c(F)cccc4F)C3=O)n1)CCCC2. The molecule has 1 aromatic heterocycles. The molecule has 136 valence electrons. The van der Waals surface area contributed by atoms with Gasteiger partial charge in [0.05, 0.1) is 0 Å². The van der Waals surface area contributed by atoms with Crippen molar-refractivity contribution in [1.29, 1.82) is 0 Å². The Kier molecular flexibility index (Phi) is 4.30. The third kappa shape index (κ3) is 2.91. The van der Waals surface area contributed by atoms with Gasteiger partial charge in [0.15, 0.2) is 0 Å². The number of para-hydroxylation sites is 1. The van der Waals surface area contributed by atoms with Crippen molar-refractivity contribution >= 4 is 17.4 Å². The maximum absolute atomic E-state index is 14.0. The van der Waals surface area contributed by atoms with E-state index < -0.39 is 17.7 Å². The summed E-state index contributed by atoms with van der Waals surface area (Å²) in [7, 11) is 0. The number of nitrogens with one attached hydrogen (secondary N) is 1. The number of aryl methyl sites for hydroxylation is 2. The van der Waals surface area contributed by atoms with Crippen LogP contribution in [0.1, 0.15) is 36.3 Å². The Balaban J connectivity index is 1.60. The topological polar surface area (TPSA) is 58.1 Å². The Morgan fingerprint density at radius 3 is 2.65 bits per heavy atom. The van der Waals surface area contributed by atoms with E-state index in [1.807, 2.05) is 6.92 Å². The van der Waals surface area contributed by atoms with Crippen molar-refractivity contribution in [3.05, 3.63) is 46.9 Å². The van der Waals surface area contributed by atoms with Gasteiger partial charge in [-0.05, 0) is 51.2 Å². The second-order valence-electron chi connectivity index (χ2n) is 6.80. The van der Waals surface area contributed by atoms with Crippen LogP contribution in [0.3, 0.4) is 0 Å². The van der Waals surface area contributed by atoms with Crippen molar-refractivity contribution in [2.24, 2.45) is 0 Å². The van der Waals surface area contributed by atoms with Gasteiger partial charge in [-0.1, -0.05) is 6.07 Å². The summed E-state index contributed by atoms with van der Waals surface area (Å²) in [5.74, 6) is -0.449. The van der Waals surface area contributed by atoms with E-state index >= 15 is 0 Å². The van der Waals surface area contributed by atoms with Gasteiger partial charge in [0.25, 0.3) is 0 Å². The van der Waals surface area contributed by atoms with Gasteiger partial charge in [0.2, 0.25) is 5.91 Å². The zero-order chi connectivity index (χ0) is 18.3. The fraction of sp³-hybridized carbons (Fsp3) is 0.421. The maximum Gasteiger partial charge on any atom is 0.249 e. The number of halogens is 2. The first-order chi connectivity index (χ1) is 12.5. The van der Waals surface area contributed by atoms with Crippen LogP contribution in [-0.4, -0.2) is 28.5 Å². The molecule has 0 radical (unpaired) electrons. The van der Waals surface area contributed by atoms with E-state index in [-0.39, 0.29) is 18.1 Å². The number of rotatable bonds is 3. The summed E-state index contributed by atoms with van der Waals surface area (Å²) < 4.78 is 28.1. The normalized spacial score (nSPS) is 19.6. The smallest absolute Gasteiger partial charge is 0.249 e. The van der Waals surface area contributed by atoms with E-state index in [1.165, 1.54) is 11.0 Å². The Hall–Kier alpha value is -2.57. The Morgan fingerprint density at radius 2 is 1.88 bits per heavy atom. The highest BCUT2D eigenvalue weighted by Crippen LogP contribution is 2.30. The second kappa shape index (κ2) is 6.63. The van der Waals surface area contributed by atoms with E-state index in [9.17, 15) is 13.6 Å². The number of benzene rings is 1. The van der Waals surface area contributed by atoms with Crippen molar-refractivity contribution in [3.8, 4) is 0 Å². The van der Waals surface area contributed by atoms with Crippen LogP contribution in [0.15, 0.2) is 18.2 Å². The molecule has 5 nitrogen and oxygen atoms in total. The molecule has 2 heterocycles. The van der Waals surface area contributed by atoms with Crippen LogP contribution in [-0.2, 0) is 17.6 Å². The van der Waals surface area contributed by atoms with Crippen molar-refractivity contribution in [1.82, 2.24) is 9.97 Å². The molecule has 2 aliphatic rings. The summed E-state index contributed by atoms with van der Waals surface area (Å²) in [6.45, 7) is 2.10. The lowest BCUT2D eigenvalue weighted by molar-refractivity contribution is -0.117. The average molecular weight is 358 g/mol. The lowest BCUT2D eigenvalue weighted by Crippen LogP contribution is -2.35. The number of aromatic nitrogens is 2. The van der Waals surface area contributed by atoms with Crippen molar-refractivity contribution in [3.63, 3.8) is 0 Å². The zero-order valence-corrected chi connectivity index (χ0v) is 14.6. The highest BCUT2D eigenvalue weighted by molar-refractivity contribution is 6.01. The summed E-state index contributed by atoms with van der Waals surface area (Å²) in [6, 6.07) is 3.07. The minimum atomic E-state index is -0.728. The van der Waals surface area contributed by atoms with Crippen molar-refractivity contribution in [2.75, 3.05) is 16.8 Å². The van der Waals surface area contributed by atoms with E-state index in [0.717, 1.165) is 49.1 Å². The third-order valence-corrected chi connectivity index (χ3v) is 5.02. The molecule has 0 saturated carbocycles. The van der Waals surface area contributed by atoms with Crippen LogP contribution >= 0.6 is 0 Å². The number of fused-ring (bicyclic) bond motifs is 1. The van der Waals surface area contributed by atoms with Gasteiger partial charge in [-0.3, -0.25) is 4.79 Å². The molecule has 4 rings (SSSR count). The fourth-order valence-electron chi connectivity index (χ4n) is 3.78. The lowest BCUT2D eigenvalue weighted by atomic mass is 9.96. The molecule has 1 N–H and O–H groups in total. The van der Waals surface area contributed by atoms with E-state index in [4.69, 9.17) is 0 Å². The summed E-state index contributed by atoms with van der Waals surface area (Å²) in [5.41, 5.74) is 1.82. The second-order valence-corrected chi connectivity index (χ2v) is 6.80. The standard InChI is InChI=1S/C19H20F2N4O/c1-11-22-15-8-3-2-5-12(15)18(23-11)24-16-9-10-25(19(16)26)17-13(20)6-4-7-14(17)21/h4,6-7,16H,2-3,5,8-10H2,1H3,(H,22,23,24). The molecule has 26 heavy (non-hydrogen) atoms. The van der Waals surface area contributed by atoms with E-state index in [1.54, 1.807) is 0 Å². The fourth-order valence-corrected chi connectivity index (χ4v) is 3.78. The number of amides is 1. The molecule has 1 saturated heterocycles. The van der Waals surface area contributed by atoms with Crippen molar-refractivity contribution < 1.29 is 13.6 Å². The highest BCUT2D eigenvalue weighted by Gasteiger charge is 2.36. The number of anilines is 2. The van der Waals surface area contributed by atoms with Gasteiger partial charge >= 0.3 is 0 Å². The Morgan fingerprint density at radius 1 is 1.15 bits per heavy atom. The van der Waals surface area contributed by atoms with Crippen molar-refractivity contribution in [2.45, 2.75) is 45.1 Å². The molecule has 1 aliphatic carbocycles. The van der Waals surface area contributed by atoms with Crippen LogP contribution < -0.4 is 10.2 Å². The Bertz CT molecular complexity index is 851. The van der Waals surface area contributed by atoms with Crippen LogP contribution in [0, 0.1) is 18.6 Å². The molecule has 7 heteroatoms. The molecular weight excluding hydrogens is 338 g/mol. The number of hydrogen-bond acceptors (Lipinski definition) is 4. The maximum atomic E-state index is 14.0. The zero-order valence-electron chi connectivity index (χ0n) is 14.6. The first-order valence-corrected chi connectivity index (χ1v) is 8.93. The predicted octanol–water partition coefficient (Wildman–Crippen LogP) is 3.16. The van der Waals surface area contributed by atoms with Crippen LogP contribution in [0.4, 0.5) is 20.3 Å². The highest BCUT2D eigenvalue weighted by atomic mass is 19.1. The third-order valence-electron chi connectivity index (χ3n) is 5.02. The monoisotopic (exact) mass is 358 g/mol. The number of carbonyl (C=O) groups excluding carboxylic acids is 1. The minimum Gasteiger partial charge on any atom is -0.358 e. The molecule has 1 amide bonds. The molecular formula is C19H20F2N4O. The lowest BCUT2D eigenvalue weighted by Gasteiger charge is -2.22. The van der Waals surface area contributed by atoms with E-state index in [0.29, 0.717) is 18.1 Å². The van der Waals surface area contributed by atoms with Gasteiger partial charge in [0.1, 0.15) is 35.0 Å². The van der Waals surface area contributed by atoms with E-state index in [2.05, 4.69) is 15.3 Å².